The van der Waals surface area contributed by atoms with Gasteiger partial charge >= 0.3 is 0 Å². The molecule has 0 aliphatic carbocycles. The predicted molar refractivity (Wildman–Crippen MR) is 79.7 cm³/mol. The second kappa shape index (κ2) is 5.47. The van der Waals surface area contributed by atoms with E-state index < -0.39 is 0 Å². The molecule has 0 aromatic carbocycles. The molecule has 104 valence electrons. The van der Waals surface area contributed by atoms with Crippen molar-refractivity contribution in [2.75, 3.05) is 0 Å². The Kier molecular flexibility index (Phi) is 4.11. The third kappa shape index (κ3) is 2.90. The summed E-state index contributed by atoms with van der Waals surface area (Å²) < 4.78 is 5.24. The molecular formula is C15H22N2OS. The van der Waals surface area contributed by atoms with E-state index in [1.807, 2.05) is 25.2 Å². The number of aromatic nitrogens is 1. The monoisotopic (exact) mass is 278 g/mol. The molecule has 19 heavy (non-hydrogen) atoms. The highest BCUT2D eigenvalue weighted by Gasteiger charge is 2.19. The Hall–Kier alpha value is -1.13. The van der Waals surface area contributed by atoms with Gasteiger partial charge in [-0.1, -0.05) is 5.16 Å². The van der Waals surface area contributed by atoms with Crippen LogP contribution in [0.15, 0.2) is 10.6 Å². The number of thiophene rings is 1. The van der Waals surface area contributed by atoms with Crippen LogP contribution < -0.4 is 5.32 Å². The van der Waals surface area contributed by atoms with E-state index in [0.717, 1.165) is 11.5 Å². The Balaban J connectivity index is 2.15. The molecule has 4 heteroatoms. The average Bonchev–Trinajstić information content (AvgIpc) is 2.81. The van der Waals surface area contributed by atoms with Gasteiger partial charge in [-0.15, -0.1) is 11.3 Å². The van der Waals surface area contributed by atoms with Crippen LogP contribution in [0.25, 0.3) is 0 Å². The summed E-state index contributed by atoms with van der Waals surface area (Å²) in [5.74, 6) is 0.905. The zero-order valence-electron chi connectivity index (χ0n) is 12.5. The molecule has 3 nitrogen and oxygen atoms in total. The molecule has 1 N–H and O–H groups in total. The van der Waals surface area contributed by atoms with E-state index in [0.29, 0.717) is 6.04 Å². The Labute approximate surface area is 119 Å². The number of hydrogen-bond acceptors (Lipinski definition) is 4. The molecule has 0 amide bonds. The molecule has 0 saturated carbocycles. The van der Waals surface area contributed by atoms with Crippen LogP contribution in [0, 0.1) is 27.7 Å². The van der Waals surface area contributed by atoms with Gasteiger partial charge in [0, 0.05) is 27.4 Å². The molecule has 2 heterocycles. The average molecular weight is 278 g/mol. The standard InChI is InChI=1S/C15H22N2OS/c1-8-7-14(13(6)19-8)9(2)16-10(3)15-11(4)17-18-12(15)5/h7,9-10,16H,1-6H3. The van der Waals surface area contributed by atoms with Crippen molar-refractivity contribution in [3.05, 3.63) is 38.4 Å². The van der Waals surface area contributed by atoms with Crippen LogP contribution in [0.5, 0.6) is 0 Å². The maximum atomic E-state index is 5.24. The van der Waals surface area contributed by atoms with Crippen LogP contribution in [-0.2, 0) is 0 Å². The van der Waals surface area contributed by atoms with E-state index in [2.05, 4.69) is 44.2 Å². The smallest absolute Gasteiger partial charge is 0.138 e. The van der Waals surface area contributed by atoms with Crippen LogP contribution in [0.2, 0.25) is 0 Å². The molecule has 0 aliphatic heterocycles. The summed E-state index contributed by atoms with van der Waals surface area (Å²) in [4.78, 5) is 2.76. The van der Waals surface area contributed by atoms with Crippen molar-refractivity contribution >= 4 is 11.3 Å². The third-order valence-corrected chi connectivity index (χ3v) is 4.55. The lowest BCUT2D eigenvalue weighted by atomic mass is 10.0. The molecule has 2 atom stereocenters. The van der Waals surface area contributed by atoms with Crippen molar-refractivity contribution in [2.45, 2.75) is 53.6 Å². The third-order valence-electron chi connectivity index (χ3n) is 3.57. The van der Waals surface area contributed by atoms with Gasteiger partial charge in [-0.05, 0) is 53.2 Å². The number of aryl methyl sites for hydroxylation is 4. The van der Waals surface area contributed by atoms with Gasteiger partial charge in [-0.3, -0.25) is 0 Å². The molecule has 2 rings (SSSR count). The van der Waals surface area contributed by atoms with E-state index in [9.17, 15) is 0 Å². The molecule has 0 radical (unpaired) electrons. The van der Waals surface area contributed by atoms with E-state index in [4.69, 9.17) is 4.52 Å². The molecule has 0 aliphatic rings. The van der Waals surface area contributed by atoms with Crippen molar-refractivity contribution in [3.8, 4) is 0 Å². The zero-order valence-corrected chi connectivity index (χ0v) is 13.3. The first-order valence-corrected chi connectivity index (χ1v) is 7.47. The van der Waals surface area contributed by atoms with Gasteiger partial charge in [-0.25, -0.2) is 0 Å². The molecular weight excluding hydrogens is 256 g/mol. The fraction of sp³-hybridized carbons (Fsp3) is 0.533. The van der Waals surface area contributed by atoms with E-state index in [1.54, 1.807) is 0 Å². The second-order valence-electron chi connectivity index (χ2n) is 5.22. The molecule has 0 spiro atoms. The lowest BCUT2D eigenvalue weighted by molar-refractivity contribution is 0.389. The largest absolute Gasteiger partial charge is 0.361 e. The Morgan fingerprint density at radius 3 is 2.32 bits per heavy atom. The van der Waals surface area contributed by atoms with Gasteiger partial charge in [0.2, 0.25) is 0 Å². The molecule has 0 fully saturated rings. The van der Waals surface area contributed by atoms with Crippen LogP contribution in [0.1, 0.15) is 58.3 Å². The maximum absolute atomic E-state index is 5.24. The first-order valence-electron chi connectivity index (χ1n) is 6.66. The summed E-state index contributed by atoms with van der Waals surface area (Å²) in [5.41, 5.74) is 3.54. The van der Waals surface area contributed by atoms with Crippen molar-refractivity contribution in [3.63, 3.8) is 0 Å². The highest BCUT2D eigenvalue weighted by Crippen LogP contribution is 2.29. The summed E-state index contributed by atoms with van der Waals surface area (Å²) in [6.45, 7) is 12.7. The topological polar surface area (TPSA) is 38.1 Å². The van der Waals surface area contributed by atoms with Gasteiger partial charge in [0.05, 0.1) is 5.69 Å². The molecule has 2 aromatic heterocycles. The highest BCUT2D eigenvalue weighted by molar-refractivity contribution is 7.12. The normalized spacial score (nSPS) is 14.6. The van der Waals surface area contributed by atoms with Crippen molar-refractivity contribution in [2.24, 2.45) is 0 Å². The minimum Gasteiger partial charge on any atom is -0.361 e. The minimum absolute atomic E-state index is 0.237. The van der Waals surface area contributed by atoms with Gasteiger partial charge < -0.3 is 9.84 Å². The van der Waals surface area contributed by atoms with Gasteiger partial charge in [0.25, 0.3) is 0 Å². The van der Waals surface area contributed by atoms with Crippen LogP contribution in [-0.4, -0.2) is 5.16 Å². The maximum Gasteiger partial charge on any atom is 0.138 e. The summed E-state index contributed by atoms with van der Waals surface area (Å²) in [7, 11) is 0. The van der Waals surface area contributed by atoms with Gasteiger partial charge in [0.1, 0.15) is 5.76 Å². The van der Waals surface area contributed by atoms with Crippen LogP contribution >= 0.6 is 11.3 Å². The minimum atomic E-state index is 0.237. The molecule has 2 aromatic rings. The number of hydrogen-bond donors (Lipinski definition) is 1. The fourth-order valence-corrected chi connectivity index (χ4v) is 3.76. The van der Waals surface area contributed by atoms with E-state index >= 15 is 0 Å². The first-order chi connectivity index (χ1) is 8.90. The summed E-state index contributed by atoms with van der Waals surface area (Å²) in [6, 6.07) is 2.84. The quantitative estimate of drug-likeness (QED) is 0.901. The molecule has 2 unspecified atom stereocenters. The predicted octanol–water partition coefficient (Wildman–Crippen LogP) is 4.38. The Morgan fingerprint density at radius 1 is 1.16 bits per heavy atom. The van der Waals surface area contributed by atoms with Gasteiger partial charge in [0.15, 0.2) is 0 Å². The molecule has 0 bridgehead atoms. The zero-order chi connectivity index (χ0) is 14.2. The SMILES string of the molecule is Cc1cc(C(C)NC(C)c2c(C)noc2C)c(C)s1. The van der Waals surface area contributed by atoms with E-state index in [1.165, 1.54) is 20.9 Å². The van der Waals surface area contributed by atoms with Crippen molar-refractivity contribution in [1.82, 2.24) is 10.5 Å². The Bertz CT molecular complexity index is 551. The Morgan fingerprint density at radius 2 is 1.84 bits per heavy atom. The second-order valence-corrected chi connectivity index (χ2v) is 6.68. The number of rotatable bonds is 4. The van der Waals surface area contributed by atoms with E-state index in [-0.39, 0.29) is 6.04 Å². The van der Waals surface area contributed by atoms with Gasteiger partial charge in [-0.2, -0.15) is 0 Å². The van der Waals surface area contributed by atoms with Crippen molar-refractivity contribution < 1.29 is 4.52 Å². The fourth-order valence-electron chi connectivity index (χ4n) is 2.74. The summed E-state index contributed by atoms with van der Waals surface area (Å²) in [6.07, 6.45) is 0. The van der Waals surface area contributed by atoms with Crippen molar-refractivity contribution in [1.29, 1.82) is 0 Å². The first kappa shape index (κ1) is 14.3. The lowest BCUT2D eigenvalue weighted by Gasteiger charge is -2.20. The summed E-state index contributed by atoms with van der Waals surface area (Å²) >= 11 is 1.86. The lowest BCUT2D eigenvalue weighted by Crippen LogP contribution is -2.23. The number of nitrogens with zero attached hydrogens (tertiary/aromatic N) is 1. The molecule has 0 saturated heterocycles. The number of nitrogens with one attached hydrogen (secondary N) is 1. The van der Waals surface area contributed by atoms with Crippen LogP contribution in [0.3, 0.4) is 0 Å². The van der Waals surface area contributed by atoms with Crippen LogP contribution in [0.4, 0.5) is 0 Å². The summed E-state index contributed by atoms with van der Waals surface area (Å²) in [5, 5.41) is 7.67. The highest BCUT2D eigenvalue weighted by atomic mass is 32.1.